The predicted molar refractivity (Wildman–Crippen MR) is 284 cm³/mol. The molecule has 6 nitrogen and oxygen atoms in total. The van der Waals surface area contributed by atoms with Crippen LogP contribution >= 0.6 is 0 Å². The number of hydrogen-bond donors (Lipinski definition) is 0. The molecule has 66 heavy (non-hydrogen) atoms. The van der Waals surface area contributed by atoms with Gasteiger partial charge in [-0.05, 0) is 31.1 Å². The number of rotatable bonds is 54. The molecule has 0 heterocycles. The van der Waals surface area contributed by atoms with Crippen molar-refractivity contribution in [2.45, 2.75) is 343 Å². The lowest BCUT2D eigenvalue weighted by atomic mass is 10.0. The Hall–Kier alpha value is -1.59. The molecule has 0 aliphatic heterocycles. The first-order valence-electron chi connectivity index (χ1n) is 29.7. The molecule has 0 aliphatic carbocycles. The average Bonchev–Trinajstić information content (AvgIpc) is 3.29. The van der Waals surface area contributed by atoms with Gasteiger partial charge >= 0.3 is 17.9 Å². The molecule has 392 valence electrons. The molecule has 0 aromatic heterocycles. The number of unbranched alkanes of at least 4 members (excludes halogenated alkanes) is 39. The summed E-state index contributed by atoms with van der Waals surface area (Å²) < 4.78 is 16.9. The molecule has 0 saturated carbocycles. The summed E-state index contributed by atoms with van der Waals surface area (Å²) in [5.41, 5.74) is 0. The smallest absolute Gasteiger partial charge is 0.306 e. The van der Waals surface area contributed by atoms with E-state index in [1.54, 1.807) is 0 Å². The highest BCUT2D eigenvalue weighted by Gasteiger charge is 2.19. The summed E-state index contributed by atoms with van der Waals surface area (Å²) in [6.45, 7) is 11.4. The van der Waals surface area contributed by atoms with E-state index in [0.29, 0.717) is 19.3 Å². The fourth-order valence-corrected chi connectivity index (χ4v) is 9.23. The van der Waals surface area contributed by atoms with Crippen molar-refractivity contribution >= 4 is 17.9 Å². The Morgan fingerprint density at radius 2 is 0.500 bits per heavy atom. The van der Waals surface area contributed by atoms with Crippen LogP contribution in [0.2, 0.25) is 0 Å². The summed E-state index contributed by atoms with van der Waals surface area (Å²) in [5, 5.41) is 0. The molecule has 0 amide bonds. The van der Waals surface area contributed by atoms with Crippen LogP contribution in [-0.4, -0.2) is 37.2 Å². The molecule has 6 heteroatoms. The van der Waals surface area contributed by atoms with Crippen LogP contribution in [0.1, 0.15) is 336 Å². The van der Waals surface area contributed by atoms with Crippen molar-refractivity contribution in [3.05, 3.63) is 0 Å². The fraction of sp³-hybridized carbons (Fsp3) is 0.950. The van der Waals surface area contributed by atoms with Gasteiger partial charge in [-0.25, -0.2) is 0 Å². The highest BCUT2D eigenvalue weighted by atomic mass is 16.6. The van der Waals surface area contributed by atoms with Crippen molar-refractivity contribution in [2.24, 2.45) is 11.8 Å². The Morgan fingerprint density at radius 1 is 0.288 bits per heavy atom. The van der Waals surface area contributed by atoms with Gasteiger partial charge < -0.3 is 14.2 Å². The SMILES string of the molecule is CCCCCCCCCCCCCCCCCCCC(=O)O[C@H](COC(=O)CCCCCCCCCCCCCCCCCCC(C)C)COC(=O)CCCCCCCCCCCC(C)C. The summed E-state index contributed by atoms with van der Waals surface area (Å²) in [4.78, 5) is 38.2. The highest BCUT2D eigenvalue weighted by Crippen LogP contribution is 2.18. The largest absolute Gasteiger partial charge is 0.462 e. The first-order chi connectivity index (χ1) is 32.2. The molecule has 0 aromatic carbocycles. The Labute approximate surface area is 412 Å². The van der Waals surface area contributed by atoms with Crippen LogP contribution in [0.4, 0.5) is 0 Å². The predicted octanol–water partition coefficient (Wildman–Crippen LogP) is 19.7. The van der Waals surface area contributed by atoms with Gasteiger partial charge in [-0.2, -0.15) is 0 Å². The zero-order valence-corrected chi connectivity index (χ0v) is 45.3. The van der Waals surface area contributed by atoms with Crippen LogP contribution in [0, 0.1) is 11.8 Å². The van der Waals surface area contributed by atoms with Gasteiger partial charge in [0.25, 0.3) is 0 Å². The van der Waals surface area contributed by atoms with E-state index in [4.69, 9.17) is 14.2 Å². The fourth-order valence-electron chi connectivity index (χ4n) is 9.23. The summed E-state index contributed by atoms with van der Waals surface area (Å²) in [6.07, 6.45) is 56.7. The van der Waals surface area contributed by atoms with E-state index in [0.717, 1.165) is 69.6 Å². The van der Waals surface area contributed by atoms with Gasteiger partial charge in [0.1, 0.15) is 13.2 Å². The molecule has 0 saturated heterocycles. The van der Waals surface area contributed by atoms with Crippen molar-refractivity contribution in [1.82, 2.24) is 0 Å². The van der Waals surface area contributed by atoms with Crippen LogP contribution in [0.25, 0.3) is 0 Å². The van der Waals surface area contributed by atoms with Gasteiger partial charge in [-0.3, -0.25) is 14.4 Å². The Balaban J connectivity index is 4.26. The molecule has 0 aromatic rings. The van der Waals surface area contributed by atoms with Crippen LogP contribution in [0.3, 0.4) is 0 Å². The summed E-state index contributed by atoms with van der Waals surface area (Å²) in [7, 11) is 0. The van der Waals surface area contributed by atoms with E-state index < -0.39 is 6.10 Å². The second-order valence-corrected chi connectivity index (χ2v) is 21.6. The van der Waals surface area contributed by atoms with Crippen molar-refractivity contribution in [3.63, 3.8) is 0 Å². The third kappa shape index (κ3) is 53.4. The molecule has 0 spiro atoms. The van der Waals surface area contributed by atoms with E-state index in [1.165, 1.54) is 225 Å². The Morgan fingerprint density at radius 3 is 0.742 bits per heavy atom. The van der Waals surface area contributed by atoms with E-state index in [9.17, 15) is 14.4 Å². The molecule has 0 aliphatic rings. The van der Waals surface area contributed by atoms with Gasteiger partial charge in [0.05, 0.1) is 0 Å². The molecular formula is C60H116O6. The third-order valence-electron chi connectivity index (χ3n) is 13.7. The molecule has 0 radical (unpaired) electrons. The van der Waals surface area contributed by atoms with Gasteiger partial charge in [0.15, 0.2) is 6.10 Å². The summed E-state index contributed by atoms with van der Waals surface area (Å²) in [6, 6.07) is 0. The average molecular weight is 934 g/mol. The summed E-state index contributed by atoms with van der Waals surface area (Å²) >= 11 is 0. The minimum absolute atomic E-state index is 0.0627. The minimum atomic E-state index is -0.763. The highest BCUT2D eigenvalue weighted by molar-refractivity contribution is 5.71. The number of esters is 3. The minimum Gasteiger partial charge on any atom is -0.462 e. The molecule has 0 fully saturated rings. The van der Waals surface area contributed by atoms with Crippen molar-refractivity contribution in [2.75, 3.05) is 13.2 Å². The van der Waals surface area contributed by atoms with Gasteiger partial charge in [-0.15, -0.1) is 0 Å². The number of carbonyl (C=O) groups excluding carboxylic acids is 3. The van der Waals surface area contributed by atoms with Crippen molar-refractivity contribution < 1.29 is 28.6 Å². The van der Waals surface area contributed by atoms with E-state index in [-0.39, 0.29) is 31.1 Å². The van der Waals surface area contributed by atoms with Gasteiger partial charge in [0, 0.05) is 19.3 Å². The molecular weight excluding hydrogens is 817 g/mol. The quantitative estimate of drug-likeness (QED) is 0.0343. The maximum atomic E-state index is 12.9. The van der Waals surface area contributed by atoms with E-state index in [1.807, 2.05) is 0 Å². The van der Waals surface area contributed by atoms with Crippen LogP contribution in [0.15, 0.2) is 0 Å². The van der Waals surface area contributed by atoms with Gasteiger partial charge in [-0.1, -0.05) is 298 Å². The number of ether oxygens (including phenoxy) is 3. The lowest BCUT2D eigenvalue weighted by Crippen LogP contribution is -2.30. The zero-order chi connectivity index (χ0) is 48.2. The maximum Gasteiger partial charge on any atom is 0.306 e. The van der Waals surface area contributed by atoms with Crippen molar-refractivity contribution in [1.29, 1.82) is 0 Å². The maximum absolute atomic E-state index is 12.9. The van der Waals surface area contributed by atoms with Crippen LogP contribution < -0.4 is 0 Å². The lowest BCUT2D eigenvalue weighted by Gasteiger charge is -2.18. The number of carbonyl (C=O) groups is 3. The van der Waals surface area contributed by atoms with Crippen molar-refractivity contribution in [3.8, 4) is 0 Å². The normalized spacial score (nSPS) is 12.0. The van der Waals surface area contributed by atoms with Crippen LogP contribution in [0.5, 0.6) is 0 Å². The topological polar surface area (TPSA) is 78.9 Å². The standard InChI is InChI=1S/C60H116O6/c1-6-7-8-9-10-11-12-13-14-15-20-23-26-31-37-42-47-52-60(63)66-57(54-65-59(62)51-46-41-36-32-27-29-34-39-44-49-56(4)5)53-64-58(61)50-45-40-35-30-25-22-19-17-16-18-21-24-28-33-38-43-48-55(2)3/h55-57H,6-54H2,1-5H3/t57-/m1/s1. The van der Waals surface area contributed by atoms with E-state index in [2.05, 4.69) is 34.6 Å². The van der Waals surface area contributed by atoms with Crippen LogP contribution in [-0.2, 0) is 28.6 Å². The van der Waals surface area contributed by atoms with E-state index >= 15 is 0 Å². The molecule has 0 bridgehead atoms. The molecule has 0 unspecified atom stereocenters. The lowest BCUT2D eigenvalue weighted by molar-refractivity contribution is -0.167. The first-order valence-corrected chi connectivity index (χ1v) is 29.7. The molecule has 0 rings (SSSR count). The first kappa shape index (κ1) is 64.4. The number of hydrogen-bond acceptors (Lipinski definition) is 6. The Bertz CT molecular complexity index is 1010. The third-order valence-corrected chi connectivity index (χ3v) is 13.7. The molecule has 1 atom stereocenters. The second kappa shape index (κ2) is 52.8. The molecule has 0 N–H and O–H groups in total. The van der Waals surface area contributed by atoms with Gasteiger partial charge in [0.2, 0.25) is 0 Å². The summed E-state index contributed by atoms with van der Waals surface area (Å²) in [5.74, 6) is 0.823. The monoisotopic (exact) mass is 933 g/mol. The Kier molecular flexibility index (Phi) is 51.5. The second-order valence-electron chi connectivity index (χ2n) is 21.6. The zero-order valence-electron chi connectivity index (χ0n) is 45.3.